The van der Waals surface area contributed by atoms with Gasteiger partial charge in [0.05, 0.1) is 9.83 Å². The van der Waals surface area contributed by atoms with E-state index in [-0.39, 0.29) is 0 Å². The molecule has 2 heterocycles. The highest BCUT2D eigenvalue weighted by atomic mass is 79.9. The van der Waals surface area contributed by atoms with Gasteiger partial charge < -0.3 is 10.6 Å². The molecule has 1 atom stereocenters. The molecule has 0 radical (unpaired) electrons. The van der Waals surface area contributed by atoms with Crippen LogP contribution in [0, 0.1) is 0 Å². The molecule has 1 aromatic rings. The van der Waals surface area contributed by atoms with Crippen molar-refractivity contribution in [1.29, 1.82) is 0 Å². The molecule has 1 fully saturated rings. The highest BCUT2D eigenvalue weighted by Gasteiger charge is 2.28. The number of nitrogens with zero attached hydrogens (tertiary/aromatic N) is 2. The lowest BCUT2D eigenvalue weighted by Gasteiger charge is -2.39. The molecule has 1 saturated heterocycles. The summed E-state index contributed by atoms with van der Waals surface area (Å²) in [6.45, 7) is 6.50. The van der Waals surface area contributed by atoms with E-state index < -0.39 is 0 Å². The first-order chi connectivity index (χ1) is 9.56. The van der Waals surface area contributed by atoms with Crippen LogP contribution in [0.5, 0.6) is 0 Å². The lowest BCUT2D eigenvalue weighted by atomic mass is 10.0. The van der Waals surface area contributed by atoms with Gasteiger partial charge in [0.25, 0.3) is 0 Å². The standard InChI is InChI=1S/C14H23Br2N3S/c1-3-19-6-4-10(5-7-19)18(2)12(9-17)13-8-11(15)14(16)20-13/h8,10,12H,3-7,9,17H2,1-2H3. The number of piperidine rings is 1. The van der Waals surface area contributed by atoms with Crippen molar-refractivity contribution in [1.82, 2.24) is 9.80 Å². The van der Waals surface area contributed by atoms with Crippen LogP contribution in [0.2, 0.25) is 0 Å². The molecule has 114 valence electrons. The summed E-state index contributed by atoms with van der Waals surface area (Å²) in [6.07, 6.45) is 2.49. The lowest BCUT2D eigenvalue weighted by Crippen LogP contribution is -2.45. The van der Waals surface area contributed by atoms with Gasteiger partial charge in [-0.2, -0.15) is 0 Å². The second-order valence-electron chi connectivity index (χ2n) is 5.35. The Morgan fingerprint density at radius 3 is 2.55 bits per heavy atom. The summed E-state index contributed by atoms with van der Waals surface area (Å²) >= 11 is 8.94. The molecule has 0 aromatic carbocycles. The minimum Gasteiger partial charge on any atom is -0.329 e. The molecule has 0 saturated carbocycles. The Hall–Kier alpha value is 0.540. The van der Waals surface area contributed by atoms with Crippen LogP contribution in [-0.4, -0.2) is 49.1 Å². The van der Waals surface area contributed by atoms with Crippen LogP contribution in [0.3, 0.4) is 0 Å². The van der Waals surface area contributed by atoms with Gasteiger partial charge in [0, 0.05) is 21.9 Å². The quantitative estimate of drug-likeness (QED) is 0.782. The molecule has 1 unspecified atom stereocenters. The minimum atomic E-state index is 0.320. The average molecular weight is 425 g/mol. The summed E-state index contributed by atoms with van der Waals surface area (Å²) in [5.41, 5.74) is 6.05. The minimum absolute atomic E-state index is 0.320. The topological polar surface area (TPSA) is 32.5 Å². The maximum Gasteiger partial charge on any atom is 0.0843 e. The third-order valence-corrected chi connectivity index (χ3v) is 7.65. The van der Waals surface area contributed by atoms with E-state index in [0.717, 1.165) is 8.26 Å². The number of halogens is 2. The summed E-state index contributed by atoms with van der Waals surface area (Å²) < 4.78 is 2.28. The van der Waals surface area contributed by atoms with Gasteiger partial charge in [-0.05, 0) is 77.4 Å². The molecule has 0 bridgehead atoms. The summed E-state index contributed by atoms with van der Waals surface area (Å²) in [6, 6.07) is 3.16. The van der Waals surface area contributed by atoms with E-state index in [9.17, 15) is 0 Å². The maximum atomic E-state index is 6.05. The molecule has 0 spiro atoms. The Morgan fingerprint density at radius 1 is 1.45 bits per heavy atom. The van der Waals surface area contributed by atoms with Gasteiger partial charge >= 0.3 is 0 Å². The van der Waals surface area contributed by atoms with Gasteiger partial charge in [0.15, 0.2) is 0 Å². The van der Waals surface area contributed by atoms with Crippen molar-refractivity contribution in [3.8, 4) is 0 Å². The molecule has 1 aromatic heterocycles. The Bertz CT molecular complexity index is 411. The zero-order chi connectivity index (χ0) is 14.7. The molecule has 2 N–H and O–H groups in total. The van der Waals surface area contributed by atoms with Crippen LogP contribution >= 0.6 is 43.2 Å². The van der Waals surface area contributed by atoms with Crippen LogP contribution in [0.4, 0.5) is 0 Å². The fraction of sp³-hybridized carbons (Fsp3) is 0.714. The molecular weight excluding hydrogens is 402 g/mol. The molecule has 1 aliphatic heterocycles. The van der Waals surface area contributed by atoms with E-state index >= 15 is 0 Å². The van der Waals surface area contributed by atoms with E-state index in [4.69, 9.17) is 5.73 Å². The number of likely N-dealkylation sites (tertiary alicyclic amines) is 1. The fourth-order valence-electron chi connectivity index (χ4n) is 2.91. The molecule has 1 aliphatic rings. The number of hydrogen-bond donors (Lipinski definition) is 1. The van der Waals surface area contributed by atoms with Crippen LogP contribution in [0.15, 0.2) is 14.3 Å². The number of hydrogen-bond acceptors (Lipinski definition) is 4. The molecule has 20 heavy (non-hydrogen) atoms. The Labute approximate surface area is 142 Å². The van der Waals surface area contributed by atoms with Crippen molar-refractivity contribution >= 4 is 43.2 Å². The number of nitrogens with two attached hydrogens (primary N) is 1. The largest absolute Gasteiger partial charge is 0.329 e. The van der Waals surface area contributed by atoms with Crippen molar-refractivity contribution in [2.45, 2.75) is 31.8 Å². The zero-order valence-corrected chi connectivity index (χ0v) is 16.1. The Balaban J connectivity index is 2.04. The van der Waals surface area contributed by atoms with Crippen LogP contribution in [-0.2, 0) is 0 Å². The van der Waals surface area contributed by atoms with Gasteiger partial charge in [-0.1, -0.05) is 6.92 Å². The van der Waals surface area contributed by atoms with Crippen LogP contribution < -0.4 is 5.73 Å². The highest BCUT2D eigenvalue weighted by Crippen LogP contribution is 2.37. The maximum absolute atomic E-state index is 6.05. The Morgan fingerprint density at radius 2 is 2.10 bits per heavy atom. The van der Waals surface area contributed by atoms with E-state index in [0.29, 0.717) is 18.6 Å². The zero-order valence-electron chi connectivity index (χ0n) is 12.1. The van der Waals surface area contributed by atoms with Crippen molar-refractivity contribution in [2.24, 2.45) is 5.73 Å². The number of rotatable bonds is 5. The first-order valence-electron chi connectivity index (χ1n) is 7.15. The van der Waals surface area contributed by atoms with Gasteiger partial charge in [-0.15, -0.1) is 11.3 Å². The van der Waals surface area contributed by atoms with Crippen molar-refractivity contribution in [3.63, 3.8) is 0 Å². The van der Waals surface area contributed by atoms with Crippen molar-refractivity contribution in [3.05, 3.63) is 19.2 Å². The van der Waals surface area contributed by atoms with Gasteiger partial charge in [0.1, 0.15) is 0 Å². The molecular formula is C14H23Br2N3S. The second-order valence-corrected chi connectivity index (χ2v) is 8.61. The fourth-order valence-corrected chi connectivity index (χ4v) is 5.16. The molecule has 3 nitrogen and oxygen atoms in total. The summed E-state index contributed by atoms with van der Waals surface area (Å²) in [5, 5.41) is 0. The SMILES string of the molecule is CCN1CCC(N(C)C(CN)c2cc(Br)c(Br)s2)CC1. The van der Waals surface area contributed by atoms with E-state index in [1.165, 1.54) is 37.4 Å². The van der Waals surface area contributed by atoms with Gasteiger partial charge in [-0.3, -0.25) is 4.90 Å². The monoisotopic (exact) mass is 423 g/mol. The molecule has 2 rings (SSSR count). The highest BCUT2D eigenvalue weighted by molar-refractivity contribution is 9.13. The molecule has 6 heteroatoms. The second kappa shape index (κ2) is 7.70. The Kier molecular flexibility index (Phi) is 6.51. The van der Waals surface area contributed by atoms with Gasteiger partial charge in [0.2, 0.25) is 0 Å². The normalized spacial score (nSPS) is 19.7. The van der Waals surface area contributed by atoms with E-state index in [2.05, 4.69) is 61.7 Å². The van der Waals surface area contributed by atoms with Crippen LogP contribution in [0.25, 0.3) is 0 Å². The first-order valence-corrected chi connectivity index (χ1v) is 9.56. The smallest absolute Gasteiger partial charge is 0.0843 e. The van der Waals surface area contributed by atoms with E-state index in [1.807, 2.05) is 0 Å². The van der Waals surface area contributed by atoms with Crippen molar-refractivity contribution < 1.29 is 0 Å². The summed E-state index contributed by atoms with van der Waals surface area (Å²) in [5.74, 6) is 0. The average Bonchev–Trinajstić information content (AvgIpc) is 2.79. The third-order valence-electron chi connectivity index (χ3n) is 4.29. The molecule has 0 aliphatic carbocycles. The lowest BCUT2D eigenvalue weighted by molar-refractivity contribution is 0.102. The van der Waals surface area contributed by atoms with Crippen molar-refractivity contribution in [2.75, 3.05) is 33.2 Å². The third kappa shape index (κ3) is 3.84. The number of likely N-dealkylation sites (N-methyl/N-ethyl adjacent to an activating group) is 1. The summed E-state index contributed by atoms with van der Waals surface area (Å²) in [7, 11) is 2.23. The number of thiophene rings is 1. The summed E-state index contributed by atoms with van der Waals surface area (Å²) in [4.78, 5) is 6.35. The van der Waals surface area contributed by atoms with Gasteiger partial charge in [-0.25, -0.2) is 0 Å². The predicted octanol–water partition coefficient (Wildman–Crippen LogP) is 3.69. The van der Waals surface area contributed by atoms with E-state index in [1.54, 1.807) is 11.3 Å². The first kappa shape index (κ1) is 16.9. The van der Waals surface area contributed by atoms with Crippen LogP contribution in [0.1, 0.15) is 30.7 Å². The molecule has 0 amide bonds. The predicted molar refractivity (Wildman–Crippen MR) is 94.4 cm³/mol.